The maximum atomic E-state index is 12.0. The van der Waals surface area contributed by atoms with Gasteiger partial charge in [0, 0.05) is 18.9 Å². The molecule has 0 radical (unpaired) electrons. The minimum Gasteiger partial charge on any atom is -0.406 e. The van der Waals surface area contributed by atoms with E-state index in [9.17, 15) is 13.2 Å². The average Bonchev–Trinajstić information content (AvgIpc) is 2.77. The van der Waals surface area contributed by atoms with Crippen molar-refractivity contribution in [2.75, 3.05) is 0 Å². The monoisotopic (exact) mass is 267 g/mol. The zero-order valence-corrected chi connectivity index (χ0v) is 9.55. The largest absolute Gasteiger partial charge is 0.573 e. The number of rotatable bonds is 3. The highest BCUT2D eigenvalue weighted by Crippen LogP contribution is 2.22. The smallest absolute Gasteiger partial charge is 0.406 e. The van der Waals surface area contributed by atoms with Crippen molar-refractivity contribution in [1.29, 1.82) is 5.26 Å². The molecule has 0 aliphatic carbocycles. The second-order valence-corrected chi connectivity index (χ2v) is 3.68. The van der Waals surface area contributed by atoms with E-state index in [1.54, 1.807) is 10.8 Å². The van der Waals surface area contributed by atoms with E-state index in [0.29, 0.717) is 6.54 Å². The fraction of sp³-hybridized carbons (Fsp3) is 0.167. The van der Waals surface area contributed by atoms with Gasteiger partial charge in [0.25, 0.3) is 0 Å². The van der Waals surface area contributed by atoms with Crippen LogP contribution < -0.4 is 4.74 Å². The van der Waals surface area contributed by atoms with Gasteiger partial charge in [0.2, 0.25) is 5.82 Å². The molecular weight excluding hydrogens is 259 g/mol. The lowest BCUT2D eigenvalue weighted by molar-refractivity contribution is -0.274. The van der Waals surface area contributed by atoms with Gasteiger partial charge in [0.15, 0.2) is 0 Å². The Hall–Kier alpha value is -2.49. The van der Waals surface area contributed by atoms with E-state index < -0.39 is 6.36 Å². The van der Waals surface area contributed by atoms with Crippen LogP contribution in [-0.4, -0.2) is 15.9 Å². The van der Waals surface area contributed by atoms with E-state index >= 15 is 0 Å². The minimum atomic E-state index is -4.69. The predicted molar refractivity (Wildman–Crippen MR) is 59.2 cm³/mol. The van der Waals surface area contributed by atoms with Gasteiger partial charge in [-0.15, -0.1) is 13.2 Å². The second kappa shape index (κ2) is 5.02. The fourth-order valence-corrected chi connectivity index (χ4v) is 1.54. The number of ether oxygens (including phenoxy) is 1. The Labute approximate surface area is 106 Å². The minimum absolute atomic E-state index is 0.246. The Morgan fingerprint density at radius 1 is 1.26 bits per heavy atom. The summed E-state index contributed by atoms with van der Waals surface area (Å²) in [7, 11) is 0. The molecule has 2 rings (SSSR count). The van der Waals surface area contributed by atoms with Crippen molar-refractivity contribution < 1.29 is 17.9 Å². The molecule has 0 unspecified atom stereocenters. The van der Waals surface area contributed by atoms with Crippen molar-refractivity contribution in [2.24, 2.45) is 0 Å². The van der Waals surface area contributed by atoms with Gasteiger partial charge < -0.3 is 9.30 Å². The normalized spacial score (nSPS) is 11.1. The van der Waals surface area contributed by atoms with Crippen LogP contribution in [0, 0.1) is 11.3 Å². The lowest BCUT2D eigenvalue weighted by Gasteiger charge is -2.09. The maximum absolute atomic E-state index is 12.0. The van der Waals surface area contributed by atoms with E-state index in [2.05, 4.69) is 9.72 Å². The molecule has 1 aromatic heterocycles. The van der Waals surface area contributed by atoms with Crippen LogP contribution in [0.3, 0.4) is 0 Å². The molecule has 0 fully saturated rings. The Kier molecular flexibility index (Phi) is 3.42. The van der Waals surface area contributed by atoms with Gasteiger partial charge in [0.05, 0.1) is 0 Å². The summed E-state index contributed by atoms with van der Waals surface area (Å²) in [6, 6.07) is 7.38. The molecule has 0 aliphatic heterocycles. The summed E-state index contributed by atoms with van der Waals surface area (Å²) >= 11 is 0. The van der Waals surface area contributed by atoms with Crippen LogP contribution in [0.15, 0.2) is 36.7 Å². The molecule has 0 saturated carbocycles. The van der Waals surface area contributed by atoms with Crippen molar-refractivity contribution in [3.8, 4) is 11.8 Å². The van der Waals surface area contributed by atoms with E-state index in [-0.39, 0.29) is 11.6 Å². The third-order valence-electron chi connectivity index (χ3n) is 2.33. The number of benzene rings is 1. The first-order valence-corrected chi connectivity index (χ1v) is 5.24. The van der Waals surface area contributed by atoms with Crippen LogP contribution in [0.1, 0.15) is 11.4 Å². The van der Waals surface area contributed by atoms with Crippen LogP contribution in [0.5, 0.6) is 5.75 Å². The van der Waals surface area contributed by atoms with Crippen molar-refractivity contribution in [1.82, 2.24) is 9.55 Å². The van der Waals surface area contributed by atoms with Gasteiger partial charge in [0.1, 0.15) is 11.8 Å². The van der Waals surface area contributed by atoms with Crippen molar-refractivity contribution in [3.63, 3.8) is 0 Å². The molecule has 1 heterocycles. The number of nitriles is 1. The highest BCUT2D eigenvalue weighted by atomic mass is 19.4. The van der Waals surface area contributed by atoms with Crippen molar-refractivity contribution in [3.05, 3.63) is 48.0 Å². The van der Waals surface area contributed by atoms with Gasteiger partial charge in [-0.3, -0.25) is 0 Å². The van der Waals surface area contributed by atoms with E-state index in [1.165, 1.54) is 30.5 Å². The molecular formula is C12H8F3N3O. The predicted octanol–water partition coefficient (Wildman–Crippen LogP) is 2.70. The standard InChI is InChI=1S/C12H8F3N3O/c13-12(14,15)19-10-3-1-9(2-4-10)8-18-6-5-17-11(18)7-16/h1-6H,8H2. The Morgan fingerprint density at radius 3 is 2.53 bits per heavy atom. The molecule has 0 bridgehead atoms. The van der Waals surface area contributed by atoms with E-state index in [0.717, 1.165) is 5.56 Å². The first-order chi connectivity index (χ1) is 8.98. The summed E-state index contributed by atoms with van der Waals surface area (Å²) in [5.41, 5.74) is 0.740. The van der Waals surface area contributed by atoms with Crippen LogP contribution in [0.4, 0.5) is 13.2 Å². The van der Waals surface area contributed by atoms with E-state index in [1.807, 2.05) is 6.07 Å². The molecule has 7 heteroatoms. The Morgan fingerprint density at radius 2 is 1.95 bits per heavy atom. The number of halogens is 3. The molecule has 0 N–H and O–H groups in total. The molecule has 19 heavy (non-hydrogen) atoms. The summed E-state index contributed by atoms with van der Waals surface area (Å²) in [5, 5.41) is 8.78. The first kappa shape index (κ1) is 13.0. The molecule has 0 spiro atoms. The second-order valence-electron chi connectivity index (χ2n) is 3.68. The topological polar surface area (TPSA) is 50.8 Å². The van der Waals surface area contributed by atoms with Crippen molar-refractivity contribution >= 4 is 0 Å². The van der Waals surface area contributed by atoms with Crippen LogP contribution >= 0.6 is 0 Å². The average molecular weight is 267 g/mol. The van der Waals surface area contributed by atoms with Crippen molar-refractivity contribution in [2.45, 2.75) is 12.9 Å². The number of hydrogen-bond acceptors (Lipinski definition) is 3. The quantitative estimate of drug-likeness (QED) is 0.859. The van der Waals surface area contributed by atoms with Crippen LogP contribution in [-0.2, 0) is 6.54 Å². The molecule has 0 saturated heterocycles. The highest BCUT2D eigenvalue weighted by molar-refractivity contribution is 5.28. The summed E-state index contributed by atoms with van der Waals surface area (Å²) in [6.07, 6.45) is -1.59. The molecule has 4 nitrogen and oxygen atoms in total. The molecule has 0 atom stereocenters. The van der Waals surface area contributed by atoms with Crippen LogP contribution in [0.2, 0.25) is 0 Å². The molecule has 2 aromatic rings. The molecule has 98 valence electrons. The first-order valence-electron chi connectivity index (χ1n) is 5.24. The SMILES string of the molecule is N#Cc1nccn1Cc1ccc(OC(F)(F)F)cc1. The molecule has 0 amide bonds. The maximum Gasteiger partial charge on any atom is 0.573 e. The molecule has 0 aliphatic rings. The van der Waals surface area contributed by atoms with E-state index in [4.69, 9.17) is 5.26 Å². The third-order valence-corrected chi connectivity index (χ3v) is 2.33. The molecule has 1 aromatic carbocycles. The third kappa shape index (κ3) is 3.48. The summed E-state index contributed by atoms with van der Waals surface area (Å²) < 4.78 is 41.3. The summed E-state index contributed by atoms with van der Waals surface area (Å²) in [6.45, 7) is 0.356. The number of hydrogen-bond donors (Lipinski definition) is 0. The van der Waals surface area contributed by atoms with Crippen LogP contribution in [0.25, 0.3) is 0 Å². The number of alkyl halides is 3. The van der Waals surface area contributed by atoms with Gasteiger partial charge in [-0.2, -0.15) is 5.26 Å². The summed E-state index contributed by atoms with van der Waals surface area (Å²) in [5.74, 6) is -0.0296. The Bertz CT molecular complexity index is 596. The zero-order chi connectivity index (χ0) is 13.9. The number of imidazole rings is 1. The van der Waals surface area contributed by atoms with Gasteiger partial charge in [-0.1, -0.05) is 12.1 Å². The zero-order valence-electron chi connectivity index (χ0n) is 9.55. The summed E-state index contributed by atoms with van der Waals surface area (Å²) in [4.78, 5) is 3.83. The number of nitrogens with zero attached hydrogens (tertiary/aromatic N) is 3. The van der Waals surface area contributed by atoms with Gasteiger partial charge in [-0.05, 0) is 17.7 Å². The van der Waals surface area contributed by atoms with Gasteiger partial charge in [-0.25, -0.2) is 4.98 Å². The lowest BCUT2D eigenvalue weighted by atomic mass is 10.2. The number of aromatic nitrogens is 2. The Balaban J connectivity index is 2.09. The fourth-order valence-electron chi connectivity index (χ4n) is 1.54. The lowest BCUT2D eigenvalue weighted by Crippen LogP contribution is -2.17. The highest BCUT2D eigenvalue weighted by Gasteiger charge is 2.30. The van der Waals surface area contributed by atoms with Gasteiger partial charge >= 0.3 is 6.36 Å².